The van der Waals surface area contributed by atoms with Gasteiger partial charge in [-0.1, -0.05) is 12.1 Å². The van der Waals surface area contributed by atoms with Gasteiger partial charge in [-0.2, -0.15) is 0 Å². The second-order valence-corrected chi connectivity index (χ2v) is 4.32. The number of aromatic nitrogens is 1. The Kier molecular flexibility index (Phi) is 4.15. The van der Waals surface area contributed by atoms with Crippen LogP contribution in [0.1, 0.15) is 28.4 Å². The summed E-state index contributed by atoms with van der Waals surface area (Å²) >= 11 is 0. The number of carboxylic acid groups (broad SMARTS) is 1. The highest BCUT2D eigenvalue weighted by Gasteiger charge is 2.08. The molecule has 0 atom stereocenters. The van der Waals surface area contributed by atoms with Crippen molar-refractivity contribution in [2.75, 3.05) is 7.11 Å². The fourth-order valence-corrected chi connectivity index (χ4v) is 1.89. The maximum absolute atomic E-state index is 11.1. The minimum atomic E-state index is -0.957. The lowest BCUT2D eigenvalue weighted by molar-refractivity contribution is 0.0696. The predicted molar refractivity (Wildman–Crippen MR) is 77.7 cm³/mol. The molecule has 0 aliphatic rings. The monoisotopic (exact) mass is 269 g/mol. The summed E-state index contributed by atoms with van der Waals surface area (Å²) in [5, 5.41) is 9.14. The Morgan fingerprint density at radius 3 is 2.55 bits per heavy atom. The molecule has 0 radical (unpaired) electrons. The summed E-state index contributed by atoms with van der Waals surface area (Å²) in [6.45, 7) is 1.93. The van der Waals surface area contributed by atoms with Gasteiger partial charge in [0.05, 0.1) is 12.7 Å². The van der Waals surface area contributed by atoms with Crippen LogP contribution in [-0.4, -0.2) is 23.2 Å². The van der Waals surface area contributed by atoms with Gasteiger partial charge in [-0.05, 0) is 42.3 Å². The molecule has 0 saturated heterocycles. The van der Waals surface area contributed by atoms with Crippen LogP contribution in [0.5, 0.6) is 5.75 Å². The van der Waals surface area contributed by atoms with Gasteiger partial charge in [0.25, 0.3) is 0 Å². The Morgan fingerprint density at radius 2 is 1.95 bits per heavy atom. The first-order valence-electron chi connectivity index (χ1n) is 6.12. The maximum atomic E-state index is 11.1. The van der Waals surface area contributed by atoms with Crippen molar-refractivity contribution in [2.24, 2.45) is 0 Å². The van der Waals surface area contributed by atoms with Crippen LogP contribution in [-0.2, 0) is 0 Å². The number of hydrogen-bond acceptors (Lipinski definition) is 3. The molecule has 0 aliphatic heterocycles. The third-order valence-electron chi connectivity index (χ3n) is 3.00. The molecule has 2 rings (SSSR count). The summed E-state index contributed by atoms with van der Waals surface area (Å²) < 4.78 is 5.11. The van der Waals surface area contributed by atoms with Crippen LogP contribution in [0.4, 0.5) is 0 Å². The average molecular weight is 269 g/mol. The number of aromatic carboxylic acids is 1. The van der Waals surface area contributed by atoms with Gasteiger partial charge in [-0.15, -0.1) is 0 Å². The molecule has 20 heavy (non-hydrogen) atoms. The third-order valence-corrected chi connectivity index (χ3v) is 3.00. The van der Waals surface area contributed by atoms with E-state index in [-0.39, 0.29) is 5.56 Å². The molecule has 102 valence electrons. The second kappa shape index (κ2) is 6.02. The standard InChI is InChI=1S/C16H15NO3/c1-11(12-3-5-14(20-2)6-4-12)9-13-10-17-8-7-15(13)16(18)19/h3-10H,1-2H3,(H,18,19)/b11-9+. The third kappa shape index (κ3) is 3.03. The molecule has 4 nitrogen and oxygen atoms in total. The fourth-order valence-electron chi connectivity index (χ4n) is 1.89. The predicted octanol–water partition coefficient (Wildman–Crippen LogP) is 3.35. The quantitative estimate of drug-likeness (QED) is 0.924. The number of benzene rings is 1. The van der Waals surface area contributed by atoms with E-state index in [0.29, 0.717) is 5.56 Å². The van der Waals surface area contributed by atoms with Crippen molar-refractivity contribution >= 4 is 17.6 Å². The van der Waals surface area contributed by atoms with Gasteiger partial charge >= 0.3 is 5.97 Å². The SMILES string of the molecule is COc1ccc(/C(C)=C/c2cnccc2C(=O)O)cc1. The van der Waals surface area contributed by atoms with Crippen LogP contribution in [0.25, 0.3) is 11.6 Å². The molecule has 4 heteroatoms. The van der Waals surface area contributed by atoms with Crippen LogP contribution in [0, 0.1) is 0 Å². The normalized spacial score (nSPS) is 11.2. The molecule has 0 bridgehead atoms. The van der Waals surface area contributed by atoms with Crippen molar-refractivity contribution in [2.45, 2.75) is 6.92 Å². The Labute approximate surface area is 117 Å². The topological polar surface area (TPSA) is 59.4 Å². The van der Waals surface area contributed by atoms with Crippen LogP contribution in [0.15, 0.2) is 42.7 Å². The van der Waals surface area contributed by atoms with E-state index < -0.39 is 5.97 Å². The lowest BCUT2D eigenvalue weighted by Gasteiger charge is -2.05. The molecule has 1 aromatic carbocycles. The molecular formula is C16H15NO3. The minimum absolute atomic E-state index is 0.243. The molecule has 0 aliphatic carbocycles. The van der Waals surface area contributed by atoms with Gasteiger partial charge < -0.3 is 9.84 Å². The van der Waals surface area contributed by atoms with Crippen LogP contribution < -0.4 is 4.74 Å². The Morgan fingerprint density at radius 1 is 1.25 bits per heavy atom. The fraction of sp³-hybridized carbons (Fsp3) is 0.125. The van der Waals surface area contributed by atoms with Crippen molar-refractivity contribution in [3.05, 3.63) is 59.4 Å². The highest BCUT2D eigenvalue weighted by molar-refractivity contribution is 5.94. The zero-order valence-electron chi connectivity index (χ0n) is 11.3. The van der Waals surface area contributed by atoms with E-state index in [1.807, 2.05) is 37.3 Å². The number of rotatable bonds is 4. The van der Waals surface area contributed by atoms with Gasteiger partial charge in [0, 0.05) is 18.0 Å². The second-order valence-electron chi connectivity index (χ2n) is 4.32. The van der Waals surface area contributed by atoms with Crippen LogP contribution in [0.3, 0.4) is 0 Å². The lowest BCUT2D eigenvalue weighted by atomic mass is 10.0. The van der Waals surface area contributed by atoms with Crippen molar-refractivity contribution in [1.82, 2.24) is 4.98 Å². The van der Waals surface area contributed by atoms with Crippen molar-refractivity contribution in [3.63, 3.8) is 0 Å². The number of methoxy groups -OCH3 is 1. The Bertz CT molecular complexity index is 645. The van der Waals surface area contributed by atoms with E-state index in [1.54, 1.807) is 13.3 Å². The summed E-state index contributed by atoms with van der Waals surface area (Å²) in [6.07, 6.45) is 4.85. The van der Waals surface area contributed by atoms with Gasteiger partial charge in [0.1, 0.15) is 5.75 Å². The van der Waals surface area contributed by atoms with Gasteiger partial charge in [0.15, 0.2) is 0 Å². The van der Waals surface area contributed by atoms with Gasteiger partial charge in [-0.3, -0.25) is 4.98 Å². The molecule has 0 unspecified atom stereocenters. The van der Waals surface area contributed by atoms with Crippen LogP contribution in [0.2, 0.25) is 0 Å². The van der Waals surface area contributed by atoms with Crippen molar-refractivity contribution < 1.29 is 14.6 Å². The molecular weight excluding hydrogens is 254 g/mol. The summed E-state index contributed by atoms with van der Waals surface area (Å²) in [7, 11) is 1.62. The molecule has 1 aromatic heterocycles. The zero-order valence-corrected chi connectivity index (χ0v) is 11.3. The van der Waals surface area contributed by atoms with Gasteiger partial charge in [0.2, 0.25) is 0 Å². The first kappa shape index (κ1) is 13.8. The summed E-state index contributed by atoms with van der Waals surface area (Å²) in [4.78, 5) is 15.1. The number of pyridine rings is 1. The molecule has 0 amide bonds. The number of ether oxygens (including phenoxy) is 1. The van der Waals surface area contributed by atoms with E-state index in [9.17, 15) is 4.79 Å². The molecule has 1 N–H and O–H groups in total. The Hall–Kier alpha value is -2.62. The molecule has 0 fully saturated rings. The number of nitrogens with zero attached hydrogens (tertiary/aromatic N) is 1. The molecule has 0 saturated carbocycles. The minimum Gasteiger partial charge on any atom is -0.497 e. The van der Waals surface area contributed by atoms with E-state index in [0.717, 1.165) is 16.9 Å². The highest BCUT2D eigenvalue weighted by atomic mass is 16.5. The summed E-state index contributed by atoms with van der Waals surface area (Å²) in [5.41, 5.74) is 2.80. The first-order valence-corrected chi connectivity index (χ1v) is 6.12. The summed E-state index contributed by atoms with van der Waals surface area (Å²) in [6, 6.07) is 9.10. The van der Waals surface area contributed by atoms with E-state index in [2.05, 4.69) is 4.98 Å². The number of carboxylic acids is 1. The smallest absolute Gasteiger partial charge is 0.336 e. The number of hydrogen-bond donors (Lipinski definition) is 1. The van der Waals surface area contributed by atoms with Gasteiger partial charge in [-0.25, -0.2) is 4.79 Å². The maximum Gasteiger partial charge on any atom is 0.336 e. The van der Waals surface area contributed by atoms with E-state index in [4.69, 9.17) is 9.84 Å². The largest absolute Gasteiger partial charge is 0.497 e. The average Bonchev–Trinajstić information content (AvgIpc) is 2.47. The summed E-state index contributed by atoms with van der Waals surface area (Å²) in [5.74, 6) is -0.171. The first-order chi connectivity index (χ1) is 9.61. The molecule has 1 heterocycles. The van der Waals surface area contributed by atoms with E-state index in [1.165, 1.54) is 12.3 Å². The van der Waals surface area contributed by atoms with Crippen molar-refractivity contribution in [3.8, 4) is 5.75 Å². The number of allylic oxidation sites excluding steroid dienone is 1. The molecule has 2 aromatic rings. The van der Waals surface area contributed by atoms with Crippen LogP contribution >= 0.6 is 0 Å². The molecule has 0 spiro atoms. The highest BCUT2D eigenvalue weighted by Crippen LogP contribution is 2.21. The lowest BCUT2D eigenvalue weighted by Crippen LogP contribution is -1.99. The zero-order chi connectivity index (χ0) is 14.5. The Balaban J connectivity index is 2.36. The van der Waals surface area contributed by atoms with E-state index >= 15 is 0 Å². The van der Waals surface area contributed by atoms with Crippen molar-refractivity contribution in [1.29, 1.82) is 0 Å². The number of carbonyl (C=O) groups is 1.